The van der Waals surface area contributed by atoms with Gasteiger partial charge in [0.25, 0.3) is 0 Å². The van der Waals surface area contributed by atoms with E-state index in [1.807, 2.05) is 25.3 Å². The Kier molecular flexibility index (Phi) is 6.09. The second-order valence-electron chi connectivity index (χ2n) is 5.96. The van der Waals surface area contributed by atoms with Gasteiger partial charge in [-0.25, -0.2) is 4.98 Å². The van der Waals surface area contributed by atoms with Crippen molar-refractivity contribution < 1.29 is 0 Å². The molecule has 24 heavy (non-hydrogen) atoms. The van der Waals surface area contributed by atoms with E-state index in [9.17, 15) is 0 Å². The normalized spacial score (nSPS) is 16.4. The Hall–Kier alpha value is -1.60. The summed E-state index contributed by atoms with van der Waals surface area (Å²) >= 11 is 3.53. The van der Waals surface area contributed by atoms with Crippen molar-refractivity contribution in [2.24, 2.45) is 4.99 Å². The van der Waals surface area contributed by atoms with Gasteiger partial charge in [-0.15, -0.1) is 22.7 Å². The van der Waals surface area contributed by atoms with Gasteiger partial charge in [0.1, 0.15) is 0 Å². The standard InChI is InChI=1S/C17H25N5S2/c1-13-20-15(12-24-13)5-8-19-17(18-2)21-14-6-9-22(10-7-14)16-4-3-11-23-16/h3-4,11-12,14H,5-10H2,1-2H3,(H2,18,19,21). The summed E-state index contributed by atoms with van der Waals surface area (Å²) in [5.41, 5.74) is 1.16. The quantitative estimate of drug-likeness (QED) is 0.633. The van der Waals surface area contributed by atoms with Crippen molar-refractivity contribution >= 4 is 33.6 Å². The number of rotatable bonds is 5. The molecule has 0 spiro atoms. The Morgan fingerprint density at radius 3 is 2.83 bits per heavy atom. The highest BCUT2D eigenvalue weighted by atomic mass is 32.1. The smallest absolute Gasteiger partial charge is 0.191 e. The van der Waals surface area contributed by atoms with Crippen LogP contribution in [0.15, 0.2) is 27.9 Å². The van der Waals surface area contributed by atoms with Crippen molar-refractivity contribution in [1.82, 2.24) is 15.6 Å². The summed E-state index contributed by atoms with van der Waals surface area (Å²) < 4.78 is 0. The molecule has 2 aromatic heterocycles. The van der Waals surface area contributed by atoms with E-state index in [2.05, 4.69) is 48.4 Å². The van der Waals surface area contributed by atoms with Gasteiger partial charge in [0, 0.05) is 44.5 Å². The molecule has 1 aliphatic heterocycles. The molecule has 2 aromatic rings. The van der Waals surface area contributed by atoms with Crippen LogP contribution in [0.2, 0.25) is 0 Å². The van der Waals surface area contributed by atoms with Crippen molar-refractivity contribution in [3.8, 4) is 0 Å². The van der Waals surface area contributed by atoms with Crippen LogP contribution >= 0.6 is 22.7 Å². The molecule has 2 N–H and O–H groups in total. The number of nitrogens with one attached hydrogen (secondary N) is 2. The number of thiazole rings is 1. The largest absolute Gasteiger partial charge is 0.363 e. The predicted molar refractivity (Wildman–Crippen MR) is 105 cm³/mol. The van der Waals surface area contributed by atoms with Gasteiger partial charge in [-0.3, -0.25) is 4.99 Å². The Labute approximate surface area is 151 Å². The molecule has 0 radical (unpaired) electrons. The number of anilines is 1. The molecule has 0 bridgehead atoms. The first kappa shape index (κ1) is 17.2. The average Bonchev–Trinajstić information content (AvgIpc) is 3.26. The van der Waals surface area contributed by atoms with Gasteiger partial charge in [-0.05, 0) is 37.3 Å². The van der Waals surface area contributed by atoms with Crippen molar-refractivity contribution in [2.45, 2.75) is 32.2 Å². The molecule has 0 saturated carbocycles. The molecule has 3 rings (SSSR count). The lowest BCUT2D eigenvalue weighted by Gasteiger charge is -2.33. The monoisotopic (exact) mass is 363 g/mol. The maximum atomic E-state index is 4.50. The molecule has 5 nitrogen and oxygen atoms in total. The molecule has 0 amide bonds. The van der Waals surface area contributed by atoms with E-state index in [-0.39, 0.29) is 0 Å². The maximum absolute atomic E-state index is 4.50. The zero-order chi connectivity index (χ0) is 16.8. The van der Waals surface area contributed by atoms with E-state index in [1.54, 1.807) is 11.3 Å². The molecule has 0 atom stereocenters. The van der Waals surface area contributed by atoms with Crippen LogP contribution in [-0.2, 0) is 6.42 Å². The third-order valence-electron chi connectivity index (χ3n) is 4.22. The first-order valence-electron chi connectivity index (χ1n) is 8.41. The lowest BCUT2D eigenvalue weighted by atomic mass is 10.1. The Morgan fingerprint density at radius 1 is 1.38 bits per heavy atom. The Balaban J connectivity index is 1.39. The highest BCUT2D eigenvalue weighted by Crippen LogP contribution is 2.24. The molecule has 3 heterocycles. The van der Waals surface area contributed by atoms with Gasteiger partial charge >= 0.3 is 0 Å². The molecular formula is C17H25N5S2. The van der Waals surface area contributed by atoms with E-state index >= 15 is 0 Å². The summed E-state index contributed by atoms with van der Waals surface area (Å²) in [5, 5.41) is 13.8. The third-order valence-corrected chi connectivity index (χ3v) is 5.97. The number of aromatic nitrogens is 1. The van der Waals surface area contributed by atoms with E-state index in [0.717, 1.165) is 55.6 Å². The van der Waals surface area contributed by atoms with Crippen LogP contribution in [0.1, 0.15) is 23.5 Å². The highest BCUT2D eigenvalue weighted by Gasteiger charge is 2.20. The van der Waals surface area contributed by atoms with Crippen molar-refractivity contribution in [2.75, 3.05) is 31.6 Å². The van der Waals surface area contributed by atoms with Crippen molar-refractivity contribution in [3.63, 3.8) is 0 Å². The third kappa shape index (κ3) is 4.70. The zero-order valence-electron chi connectivity index (χ0n) is 14.3. The molecule has 0 aliphatic carbocycles. The summed E-state index contributed by atoms with van der Waals surface area (Å²) in [6, 6.07) is 4.83. The van der Waals surface area contributed by atoms with Crippen LogP contribution in [0.4, 0.5) is 5.00 Å². The van der Waals surface area contributed by atoms with Gasteiger partial charge in [-0.2, -0.15) is 0 Å². The van der Waals surface area contributed by atoms with Crippen molar-refractivity contribution in [3.05, 3.63) is 33.6 Å². The number of piperidine rings is 1. The van der Waals surface area contributed by atoms with Crippen LogP contribution < -0.4 is 15.5 Å². The molecule has 1 saturated heterocycles. The number of nitrogens with zero attached hydrogens (tertiary/aromatic N) is 3. The fourth-order valence-corrected chi connectivity index (χ4v) is 4.35. The Morgan fingerprint density at radius 2 is 2.21 bits per heavy atom. The van der Waals surface area contributed by atoms with Gasteiger partial charge in [0.05, 0.1) is 15.7 Å². The fourth-order valence-electron chi connectivity index (χ4n) is 2.91. The molecule has 7 heteroatoms. The van der Waals surface area contributed by atoms with Gasteiger partial charge < -0.3 is 15.5 Å². The molecule has 130 valence electrons. The maximum Gasteiger partial charge on any atom is 0.191 e. The van der Waals surface area contributed by atoms with Gasteiger partial charge in [-0.1, -0.05) is 0 Å². The number of hydrogen-bond donors (Lipinski definition) is 2. The highest BCUT2D eigenvalue weighted by molar-refractivity contribution is 7.14. The van der Waals surface area contributed by atoms with Gasteiger partial charge in [0.2, 0.25) is 0 Å². The molecular weight excluding hydrogens is 338 g/mol. The first-order chi connectivity index (χ1) is 11.7. The second-order valence-corrected chi connectivity index (χ2v) is 7.95. The topological polar surface area (TPSA) is 52.6 Å². The first-order valence-corrected chi connectivity index (χ1v) is 10.2. The molecule has 0 aromatic carbocycles. The van der Waals surface area contributed by atoms with Crippen LogP contribution in [0.5, 0.6) is 0 Å². The second kappa shape index (κ2) is 8.48. The summed E-state index contributed by atoms with van der Waals surface area (Å²) in [4.78, 5) is 11.3. The van der Waals surface area contributed by atoms with E-state index < -0.39 is 0 Å². The minimum absolute atomic E-state index is 0.494. The van der Waals surface area contributed by atoms with Crippen LogP contribution in [-0.4, -0.2) is 43.7 Å². The number of hydrogen-bond acceptors (Lipinski definition) is 5. The molecule has 0 unspecified atom stereocenters. The van der Waals surface area contributed by atoms with Crippen LogP contribution in [0, 0.1) is 6.92 Å². The minimum atomic E-state index is 0.494. The zero-order valence-corrected chi connectivity index (χ0v) is 15.9. The summed E-state index contributed by atoms with van der Waals surface area (Å²) in [7, 11) is 1.84. The molecule has 1 aliphatic rings. The predicted octanol–water partition coefficient (Wildman–Crippen LogP) is 2.89. The molecule has 1 fully saturated rings. The van der Waals surface area contributed by atoms with E-state index in [0.29, 0.717) is 6.04 Å². The van der Waals surface area contributed by atoms with Crippen LogP contribution in [0.3, 0.4) is 0 Å². The summed E-state index contributed by atoms with van der Waals surface area (Å²) in [6.45, 7) is 5.11. The SMILES string of the molecule is CN=C(NCCc1csc(C)n1)NC1CCN(c2cccs2)CC1. The fraction of sp³-hybridized carbons (Fsp3) is 0.529. The number of guanidine groups is 1. The number of aryl methyl sites for hydroxylation is 1. The number of aliphatic imine (C=N–C) groups is 1. The van der Waals surface area contributed by atoms with E-state index in [4.69, 9.17) is 0 Å². The summed E-state index contributed by atoms with van der Waals surface area (Å²) in [5.74, 6) is 0.900. The van der Waals surface area contributed by atoms with Gasteiger partial charge in [0.15, 0.2) is 5.96 Å². The van der Waals surface area contributed by atoms with Crippen molar-refractivity contribution in [1.29, 1.82) is 0 Å². The summed E-state index contributed by atoms with van der Waals surface area (Å²) in [6.07, 6.45) is 3.22. The Bertz CT molecular complexity index is 642. The van der Waals surface area contributed by atoms with Crippen LogP contribution in [0.25, 0.3) is 0 Å². The average molecular weight is 364 g/mol. The van der Waals surface area contributed by atoms with E-state index in [1.165, 1.54) is 5.00 Å². The lowest BCUT2D eigenvalue weighted by molar-refractivity contribution is 0.463. The lowest BCUT2D eigenvalue weighted by Crippen LogP contribution is -2.49. The minimum Gasteiger partial charge on any atom is -0.363 e. The number of thiophene rings is 1.